The molecule has 124 valence electrons. The standard InChI is InChI=1S/C21H23NOS/c23-20(14-18-8-3-1-4-9-18)16-22(17-21-12-7-13-24-21)15-19-10-5-2-6-11-19/h1-13,20,23H,14-17H2/t20-/m0/s1. The summed E-state index contributed by atoms with van der Waals surface area (Å²) in [6, 6.07) is 24.9. The first-order valence-corrected chi connectivity index (χ1v) is 9.18. The molecule has 0 bridgehead atoms. The van der Waals surface area contributed by atoms with Gasteiger partial charge >= 0.3 is 0 Å². The lowest BCUT2D eigenvalue weighted by atomic mass is 10.1. The molecule has 0 amide bonds. The minimum atomic E-state index is -0.365. The first-order chi connectivity index (χ1) is 11.8. The molecule has 0 aliphatic heterocycles. The largest absolute Gasteiger partial charge is 0.391 e. The Morgan fingerprint density at radius 1 is 0.792 bits per heavy atom. The Labute approximate surface area is 148 Å². The van der Waals surface area contributed by atoms with Crippen molar-refractivity contribution in [3.05, 3.63) is 94.2 Å². The van der Waals surface area contributed by atoms with Crippen LogP contribution in [-0.2, 0) is 19.5 Å². The lowest BCUT2D eigenvalue weighted by Gasteiger charge is -2.25. The first kappa shape index (κ1) is 16.9. The van der Waals surface area contributed by atoms with E-state index in [1.807, 2.05) is 24.3 Å². The van der Waals surface area contributed by atoms with Crippen molar-refractivity contribution in [3.8, 4) is 0 Å². The minimum absolute atomic E-state index is 0.365. The maximum Gasteiger partial charge on any atom is 0.0707 e. The van der Waals surface area contributed by atoms with Gasteiger partial charge in [0.2, 0.25) is 0 Å². The van der Waals surface area contributed by atoms with Gasteiger partial charge in [0, 0.05) is 24.5 Å². The van der Waals surface area contributed by atoms with Crippen molar-refractivity contribution in [2.24, 2.45) is 0 Å². The average Bonchev–Trinajstić information content (AvgIpc) is 3.09. The second kappa shape index (κ2) is 8.78. The van der Waals surface area contributed by atoms with E-state index in [4.69, 9.17) is 0 Å². The van der Waals surface area contributed by atoms with Crippen LogP contribution >= 0.6 is 11.3 Å². The molecule has 3 aromatic rings. The molecule has 0 spiro atoms. The van der Waals surface area contributed by atoms with Crippen molar-refractivity contribution in [2.45, 2.75) is 25.6 Å². The molecular formula is C21H23NOS. The van der Waals surface area contributed by atoms with E-state index in [2.05, 4.69) is 58.8 Å². The number of aliphatic hydroxyl groups excluding tert-OH is 1. The molecule has 1 heterocycles. The van der Waals surface area contributed by atoms with Crippen LogP contribution in [0, 0.1) is 0 Å². The van der Waals surface area contributed by atoms with Gasteiger partial charge in [-0.2, -0.15) is 0 Å². The van der Waals surface area contributed by atoms with E-state index >= 15 is 0 Å². The van der Waals surface area contributed by atoms with E-state index in [-0.39, 0.29) is 6.10 Å². The fourth-order valence-electron chi connectivity index (χ4n) is 2.90. The van der Waals surface area contributed by atoms with Crippen LogP contribution in [0.5, 0.6) is 0 Å². The number of thiophene rings is 1. The predicted octanol–water partition coefficient (Wildman–Crippen LogP) is 4.35. The summed E-state index contributed by atoms with van der Waals surface area (Å²) in [6.45, 7) is 2.39. The molecule has 0 aliphatic rings. The van der Waals surface area contributed by atoms with E-state index in [1.165, 1.54) is 16.0 Å². The van der Waals surface area contributed by atoms with Gasteiger partial charge in [-0.15, -0.1) is 11.3 Å². The van der Waals surface area contributed by atoms with Gasteiger partial charge in [0.15, 0.2) is 0 Å². The van der Waals surface area contributed by atoms with Crippen LogP contribution in [0.2, 0.25) is 0 Å². The highest BCUT2D eigenvalue weighted by Crippen LogP contribution is 2.16. The third-order valence-corrected chi connectivity index (χ3v) is 4.85. The zero-order chi connectivity index (χ0) is 16.6. The number of aliphatic hydroxyl groups is 1. The minimum Gasteiger partial charge on any atom is -0.391 e. The van der Waals surface area contributed by atoms with Gasteiger partial charge in [0.25, 0.3) is 0 Å². The third-order valence-electron chi connectivity index (χ3n) is 3.99. The summed E-state index contributed by atoms with van der Waals surface area (Å²) in [7, 11) is 0. The fourth-order valence-corrected chi connectivity index (χ4v) is 3.64. The van der Waals surface area contributed by atoms with Gasteiger partial charge in [0.1, 0.15) is 0 Å². The topological polar surface area (TPSA) is 23.5 Å². The molecule has 0 fully saturated rings. The molecule has 0 radical (unpaired) electrons. The molecule has 2 nitrogen and oxygen atoms in total. The highest BCUT2D eigenvalue weighted by molar-refractivity contribution is 7.09. The lowest BCUT2D eigenvalue weighted by Crippen LogP contribution is -2.32. The molecule has 0 unspecified atom stereocenters. The molecule has 0 saturated heterocycles. The van der Waals surface area contributed by atoms with Gasteiger partial charge in [-0.1, -0.05) is 66.7 Å². The second-order valence-electron chi connectivity index (χ2n) is 6.08. The van der Waals surface area contributed by atoms with Crippen LogP contribution in [0.3, 0.4) is 0 Å². The molecule has 0 saturated carbocycles. The van der Waals surface area contributed by atoms with Crippen molar-refractivity contribution in [1.29, 1.82) is 0 Å². The van der Waals surface area contributed by atoms with E-state index in [0.717, 1.165) is 13.1 Å². The summed E-state index contributed by atoms with van der Waals surface area (Å²) >= 11 is 1.77. The van der Waals surface area contributed by atoms with E-state index in [1.54, 1.807) is 11.3 Å². The maximum atomic E-state index is 10.5. The Hall–Kier alpha value is -1.94. The molecule has 0 aliphatic carbocycles. The molecule has 3 heteroatoms. The second-order valence-corrected chi connectivity index (χ2v) is 7.11. The SMILES string of the molecule is O[C@@H](Cc1ccccc1)CN(Cc1ccccc1)Cc1cccs1. The average molecular weight is 337 g/mol. The van der Waals surface area contributed by atoms with Gasteiger partial charge in [-0.3, -0.25) is 4.90 Å². The quantitative estimate of drug-likeness (QED) is 0.660. The molecule has 3 rings (SSSR count). The van der Waals surface area contributed by atoms with Crippen LogP contribution < -0.4 is 0 Å². The van der Waals surface area contributed by atoms with Crippen LogP contribution in [0.1, 0.15) is 16.0 Å². The molecule has 24 heavy (non-hydrogen) atoms. The van der Waals surface area contributed by atoms with Gasteiger partial charge < -0.3 is 5.11 Å². The smallest absolute Gasteiger partial charge is 0.0707 e. The summed E-state index contributed by atoms with van der Waals surface area (Å²) in [5, 5.41) is 12.6. The monoisotopic (exact) mass is 337 g/mol. The fraction of sp³-hybridized carbons (Fsp3) is 0.238. The van der Waals surface area contributed by atoms with Crippen molar-refractivity contribution in [3.63, 3.8) is 0 Å². The lowest BCUT2D eigenvalue weighted by molar-refractivity contribution is 0.105. The summed E-state index contributed by atoms with van der Waals surface area (Å²) < 4.78 is 0. The predicted molar refractivity (Wildman–Crippen MR) is 101 cm³/mol. The molecule has 1 N–H and O–H groups in total. The Kier molecular flexibility index (Phi) is 6.19. The molecule has 2 aromatic carbocycles. The Morgan fingerprint density at radius 3 is 2.08 bits per heavy atom. The normalized spacial score (nSPS) is 12.4. The number of hydrogen-bond acceptors (Lipinski definition) is 3. The zero-order valence-corrected chi connectivity index (χ0v) is 14.5. The van der Waals surface area contributed by atoms with Gasteiger partial charge in [-0.25, -0.2) is 0 Å². The molecule has 1 aromatic heterocycles. The summed E-state index contributed by atoms with van der Waals surface area (Å²) in [4.78, 5) is 3.66. The van der Waals surface area contributed by atoms with Crippen LogP contribution in [0.15, 0.2) is 78.2 Å². The highest BCUT2D eigenvalue weighted by atomic mass is 32.1. The molecular weight excluding hydrogens is 314 g/mol. The number of nitrogens with zero attached hydrogens (tertiary/aromatic N) is 1. The van der Waals surface area contributed by atoms with Crippen molar-refractivity contribution in [2.75, 3.05) is 6.54 Å². The Morgan fingerprint density at radius 2 is 1.46 bits per heavy atom. The number of hydrogen-bond donors (Lipinski definition) is 1. The summed E-state index contributed by atoms with van der Waals surface area (Å²) in [5.41, 5.74) is 2.46. The zero-order valence-electron chi connectivity index (χ0n) is 13.7. The summed E-state index contributed by atoms with van der Waals surface area (Å²) in [5.74, 6) is 0. The molecule has 1 atom stereocenters. The third kappa shape index (κ3) is 5.31. The number of rotatable bonds is 8. The van der Waals surface area contributed by atoms with E-state index in [9.17, 15) is 5.11 Å². The number of benzene rings is 2. The van der Waals surface area contributed by atoms with Gasteiger partial charge in [-0.05, 0) is 29.0 Å². The van der Waals surface area contributed by atoms with Gasteiger partial charge in [0.05, 0.1) is 6.10 Å². The Balaban J connectivity index is 1.64. The van der Waals surface area contributed by atoms with E-state index in [0.29, 0.717) is 13.0 Å². The Bertz CT molecular complexity index is 697. The highest BCUT2D eigenvalue weighted by Gasteiger charge is 2.14. The van der Waals surface area contributed by atoms with Crippen LogP contribution in [-0.4, -0.2) is 22.7 Å². The van der Waals surface area contributed by atoms with E-state index < -0.39 is 0 Å². The van der Waals surface area contributed by atoms with Crippen LogP contribution in [0.25, 0.3) is 0 Å². The first-order valence-electron chi connectivity index (χ1n) is 8.30. The van der Waals surface area contributed by atoms with Crippen LogP contribution in [0.4, 0.5) is 0 Å². The maximum absolute atomic E-state index is 10.5. The van der Waals surface area contributed by atoms with Crippen molar-refractivity contribution in [1.82, 2.24) is 4.90 Å². The van der Waals surface area contributed by atoms with Crippen molar-refractivity contribution >= 4 is 11.3 Å². The summed E-state index contributed by atoms with van der Waals surface area (Å²) in [6.07, 6.45) is 0.326. The van der Waals surface area contributed by atoms with Crippen molar-refractivity contribution < 1.29 is 5.11 Å².